The number of anilines is 2. The minimum Gasteiger partial charge on any atom is -0.388 e. The maximum Gasteiger partial charge on any atom is 0.233 e. The second-order valence-electron chi connectivity index (χ2n) is 5.88. The van der Waals surface area contributed by atoms with E-state index in [1.807, 2.05) is 24.3 Å². The highest BCUT2D eigenvalue weighted by molar-refractivity contribution is 6.08. The fourth-order valence-electron chi connectivity index (χ4n) is 2.35. The zero-order valence-corrected chi connectivity index (χ0v) is 15.6. The van der Waals surface area contributed by atoms with Crippen LogP contribution >= 0.6 is 0 Å². The molecule has 0 unspecified atom stereocenters. The summed E-state index contributed by atoms with van der Waals surface area (Å²) in [4.78, 5) is 24.1. The first-order chi connectivity index (χ1) is 12.9. The molecule has 27 heavy (non-hydrogen) atoms. The van der Waals surface area contributed by atoms with E-state index in [4.69, 9.17) is 0 Å². The predicted octanol–water partition coefficient (Wildman–Crippen LogP) is 3.03. The van der Waals surface area contributed by atoms with E-state index in [1.165, 1.54) is 0 Å². The van der Waals surface area contributed by atoms with Gasteiger partial charge in [0.1, 0.15) is 6.42 Å². The summed E-state index contributed by atoms with van der Waals surface area (Å²) in [7, 11) is 3.59. The van der Waals surface area contributed by atoms with Crippen LogP contribution in [0, 0.1) is 0 Å². The van der Waals surface area contributed by atoms with Gasteiger partial charge < -0.3 is 21.3 Å². The Labute approximate surface area is 159 Å². The van der Waals surface area contributed by atoms with Crippen molar-refractivity contribution in [3.05, 3.63) is 72.8 Å². The van der Waals surface area contributed by atoms with Gasteiger partial charge in [0.15, 0.2) is 0 Å². The van der Waals surface area contributed by atoms with Gasteiger partial charge in [-0.15, -0.1) is 0 Å². The van der Waals surface area contributed by atoms with Crippen LogP contribution in [0.3, 0.4) is 0 Å². The van der Waals surface area contributed by atoms with Gasteiger partial charge in [0.2, 0.25) is 11.8 Å². The fourth-order valence-corrected chi connectivity index (χ4v) is 2.35. The lowest BCUT2D eigenvalue weighted by Gasteiger charge is -2.09. The Balaban J connectivity index is 1.87. The predicted molar refractivity (Wildman–Crippen MR) is 111 cm³/mol. The topological polar surface area (TPSA) is 82.3 Å². The van der Waals surface area contributed by atoms with Crippen LogP contribution in [-0.2, 0) is 9.59 Å². The standard InChI is InChI=1S/C21H24N4O2/c1-14(22-3)16-5-9-18(10-6-16)24-20(26)13-21(27)25-19-11-7-17(8-12-19)15(2)23-4/h5-12,22-23H,1-2,13H2,3-4H3,(H,24,26)(H,25,27). The summed E-state index contributed by atoms with van der Waals surface area (Å²) in [6.07, 6.45) is -0.268. The molecule has 0 aliphatic carbocycles. The van der Waals surface area contributed by atoms with Crippen molar-refractivity contribution in [2.24, 2.45) is 0 Å². The number of benzene rings is 2. The Morgan fingerprint density at radius 3 is 1.33 bits per heavy atom. The van der Waals surface area contributed by atoms with E-state index >= 15 is 0 Å². The average molecular weight is 364 g/mol. The molecule has 0 radical (unpaired) electrons. The summed E-state index contributed by atoms with van der Waals surface area (Å²) < 4.78 is 0. The third-order valence-corrected chi connectivity index (χ3v) is 3.96. The molecule has 0 heterocycles. The van der Waals surface area contributed by atoms with E-state index in [0.29, 0.717) is 11.4 Å². The smallest absolute Gasteiger partial charge is 0.233 e. The summed E-state index contributed by atoms with van der Waals surface area (Å²) in [5.41, 5.74) is 4.68. The van der Waals surface area contributed by atoms with Crippen molar-refractivity contribution in [1.29, 1.82) is 0 Å². The molecular weight excluding hydrogens is 340 g/mol. The molecule has 2 aromatic carbocycles. The van der Waals surface area contributed by atoms with Crippen LogP contribution in [0.4, 0.5) is 11.4 Å². The number of carbonyl (C=O) groups is 2. The Kier molecular flexibility index (Phi) is 6.77. The van der Waals surface area contributed by atoms with Gasteiger partial charge in [-0.1, -0.05) is 37.4 Å². The van der Waals surface area contributed by atoms with Gasteiger partial charge in [-0.25, -0.2) is 0 Å². The molecule has 6 heteroatoms. The molecule has 0 saturated heterocycles. The zero-order valence-electron chi connectivity index (χ0n) is 15.6. The summed E-state index contributed by atoms with van der Waals surface area (Å²) in [5.74, 6) is -0.763. The van der Waals surface area contributed by atoms with Gasteiger partial charge in [0, 0.05) is 36.9 Å². The number of hydrogen-bond donors (Lipinski definition) is 4. The van der Waals surface area contributed by atoms with Gasteiger partial charge in [0.05, 0.1) is 0 Å². The second-order valence-corrected chi connectivity index (χ2v) is 5.88. The molecule has 0 bridgehead atoms. The van der Waals surface area contributed by atoms with Crippen molar-refractivity contribution in [2.45, 2.75) is 6.42 Å². The first-order valence-corrected chi connectivity index (χ1v) is 8.47. The van der Waals surface area contributed by atoms with Crippen molar-refractivity contribution in [2.75, 3.05) is 24.7 Å². The Hall–Kier alpha value is -3.54. The summed E-state index contributed by atoms with van der Waals surface area (Å²) >= 11 is 0. The van der Waals surface area contributed by atoms with Crippen molar-refractivity contribution >= 4 is 34.6 Å². The maximum atomic E-state index is 12.0. The molecule has 0 aliphatic heterocycles. The molecular formula is C21H24N4O2. The Morgan fingerprint density at radius 1 is 0.704 bits per heavy atom. The minimum absolute atomic E-state index is 0.268. The van der Waals surface area contributed by atoms with Crippen LogP contribution in [-0.4, -0.2) is 25.9 Å². The molecule has 2 amide bonds. The van der Waals surface area contributed by atoms with Gasteiger partial charge in [0.25, 0.3) is 0 Å². The van der Waals surface area contributed by atoms with Gasteiger partial charge in [-0.3, -0.25) is 9.59 Å². The van der Waals surface area contributed by atoms with Crippen LogP contribution in [0.2, 0.25) is 0 Å². The van der Waals surface area contributed by atoms with Crippen LogP contribution < -0.4 is 21.3 Å². The number of amides is 2. The highest BCUT2D eigenvalue weighted by Gasteiger charge is 2.10. The molecule has 0 spiro atoms. The van der Waals surface area contributed by atoms with E-state index in [9.17, 15) is 9.59 Å². The van der Waals surface area contributed by atoms with Crippen LogP contribution in [0.25, 0.3) is 11.4 Å². The van der Waals surface area contributed by atoms with Crippen molar-refractivity contribution in [3.63, 3.8) is 0 Å². The van der Waals surface area contributed by atoms with Crippen LogP contribution in [0.5, 0.6) is 0 Å². The average Bonchev–Trinajstić information content (AvgIpc) is 2.67. The third kappa shape index (κ3) is 5.74. The molecule has 6 nitrogen and oxygen atoms in total. The highest BCUT2D eigenvalue weighted by atomic mass is 16.2. The first kappa shape index (κ1) is 19.8. The molecule has 0 aliphatic rings. The van der Waals surface area contributed by atoms with E-state index in [-0.39, 0.29) is 18.2 Å². The molecule has 0 atom stereocenters. The normalized spacial score (nSPS) is 9.85. The first-order valence-electron chi connectivity index (χ1n) is 8.47. The zero-order chi connectivity index (χ0) is 19.8. The lowest BCUT2D eigenvalue weighted by atomic mass is 10.1. The number of hydrogen-bond acceptors (Lipinski definition) is 4. The third-order valence-electron chi connectivity index (χ3n) is 3.96. The quantitative estimate of drug-likeness (QED) is 0.543. The molecule has 0 fully saturated rings. The Morgan fingerprint density at radius 2 is 1.04 bits per heavy atom. The molecule has 0 saturated carbocycles. The monoisotopic (exact) mass is 364 g/mol. The van der Waals surface area contributed by atoms with Crippen LogP contribution in [0.1, 0.15) is 17.5 Å². The van der Waals surface area contributed by atoms with Gasteiger partial charge in [-0.2, -0.15) is 0 Å². The largest absolute Gasteiger partial charge is 0.388 e. The lowest BCUT2D eigenvalue weighted by molar-refractivity contribution is -0.123. The van der Waals surface area contributed by atoms with Crippen LogP contribution in [0.15, 0.2) is 61.7 Å². The van der Waals surface area contributed by atoms with E-state index in [1.54, 1.807) is 38.4 Å². The van der Waals surface area contributed by atoms with Gasteiger partial charge in [-0.05, 0) is 35.4 Å². The summed E-state index contributed by atoms with van der Waals surface area (Å²) in [6, 6.07) is 14.4. The summed E-state index contributed by atoms with van der Waals surface area (Å²) in [6.45, 7) is 7.75. The fraction of sp³-hybridized carbons (Fsp3) is 0.143. The second kappa shape index (κ2) is 9.24. The molecule has 140 valence electrons. The van der Waals surface area contributed by atoms with Crippen molar-refractivity contribution < 1.29 is 9.59 Å². The number of carbonyl (C=O) groups excluding carboxylic acids is 2. The SMILES string of the molecule is C=C(NC)c1ccc(NC(=O)CC(=O)Nc2ccc(C(=C)NC)cc2)cc1. The molecule has 2 aromatic rings. The number of rotatable bonds is 8. The molecule has 2 rings (SSSR count). The lowest BCUT2D eigenvalue weighted by Crippen LogP contribution is -2.21. The van der Waals surface area contributed by atoms with E-state index in [2.05, 4.69) is 34.4 Å². The molecule has 0 aromatic heterocycles. The van der Waals surface area contributed by atoms with Gasteiger partial charge >= 0.3 is 0 Å². The van der Waals surface area contributed by atoms with Crippen molar-refractivity contribution in [3.8, 4) is 0 Å². The number of nitrogens with one attached hydrogen (secondary N) is 4. The summed E-state index contributed by atoms with van der Waals surface area (Å²) in [5, 5.41) is 11.3. The highest BCUT2D eigenvalue weighted by Crippen LogP contribution is 2.16. The van der Waals surface area contributed by atoms with E-state index in [0.717, 1.165) is 22.5 Å². The van der Waals surface area contributed by atoms with Crippen molar-refractivity contribution in [1.82, 2.24) is 10.6 Å². The Bertz CT molecular complexity index is 768. The molecule has 4 N–H and O–H groups in total. The minimum atomic E-state index is -0.382. The maximum absolute atomic E-state index is 12.0. The van der Waals surface area contributed by atoms with E-state index < -0.39 is 0 Å².